The Balaban J connectivity index is 1.74. The van der Waals surface area contributed by atoms with Gasteiger partial charge in [-0.25, -0.2) is 0 Å². The second-order valence-electron chi connectivity index (χ2n) is 7.67. The smallest absolute Gasteiger partial charge is 0.416 e. The molecule has 4 nitrogen and oxygen atoms in total. The molecule has 0 spiro atoms. The summed E-state index contributed by atoms with van der Waals surface area (Å²) in [6.45, 7) is 2.43. The highest BCUT2D eigenvalue weighted by Crippen LogP contribution is 2.44. The summed E-state index contributed by atoms with van der Waals surface area (Å²) in [7, 11) is 0. The molecule has 7 heteroatoms. The van der Waals surface area contributed by atoms with E-state index in [2.05, 4.69) is 0 Å². The Morgan fingerprint density at radius 3 is 2.29 bits per heavy atom. The van der Waals surface area contributed by atoms with Crippen LogP contribution in [0.2, 0.25) is 0 Å². The molecule has 0 bridgehead atoms. The lowest BCUT2D eigenvalue weighted by Crippen LogP contribution is -2.40. The molecule has 1 aliphatic carbocycles. The summed E-state index contributed by atoms with van der Waals surface area (Å²) >= 11 is 0. The van der Waals surface area contributed by atoms with E-state index in [9.17, 15) is 22.8 Å². The predicted molar refractivity (Wildman–Crippen MR) is 110 cm³/mol. The number of anilines is 1. The van der Waals surface area contributed by atoms with Crippen LogP contribution < -0.4 is 9.64 Å². The zero-order valence-corrected chi connectivity index (χ0v) is 17.0. The molecular formula is C24H22F3NO3. The van der Waals surface area contributed by atoms with Crippen molar-refractivity contribution in [3.8, 4) is 5.75 Å². The molecule has 2 aromatic carbocycles. The van der Waals surface area contributed by atoms with Crippen molar-refractivity contribution in [1.29, 1.82) is 0 Å². The maximum Gasteiger partial charge on any atom is 0.416 e. The predicted octanol–water partition coefficient (Wildman–Crippen LogP) is 5.63. The number of allylic oxidation sites excluding steroid dienone is 2. The third-order valence-corrected chi connectivity index (χ3v) is 5.72. The van der Waals surface area contributed by atoms with E-state index in [0.29, 0.717) is 48.6 Å². The van der Waals surface area contributed by atoms with Gasteiger partial charge in [0.1, 0.15) is 5.75 Å². The normalized spacial score (nSPS) is 19.5. The van der Waals surface area contributed by atoms with Crippen molar-refractivity contribution in [1.82, 2.24) is 0 Å². The minimum absolute atomic E-state index is 0.00968. The Hall–Kier alpha value is -3.09. The minimum atomic E-state index is -4.45. The van der Waals surface area contributed by atoms with Gasteiger partial charge in [0, 0.05) is 35.7 Å². The number of hydrogen-bond donors (Lipinski definition) is 0. The molecule has 31 heavy (non-hydrogen) atoms. The number of amides is 1. The molecule has 1 unspecified atom stereocenters. The number of benzene rings is 2. The number of halogens is 3. The van der Waals surface area contributed by atoms with E-state index in [1.807, 2.05) is 31.2 Å². The average molecular weight is 429 g/mol. The topological polar surface area (TPSA) is 46.6 Å². The Labute approximate surface area is 178 Å². The number of carbonyl (C=O) groups is 2. The fourth-order valence-electron chi connectivity index (χ4n) is 4.34. The summed E-state index contributed by atoms with van der Waals surface area (Å²) in [6.07, 6.45) is -2.82. The second-order valence-corrected chi connectivity index (χ2v) is 7.67. The fourth-order valence-corrected chi connectivity index (χ4v) is 4.34. The molecule has 0 radical (unpaired) electrons. The van der Waals surface area contributed by atoms with Gasteiger partial charge in [0.2, 0.25) is 5.91 Å². The molecule has 0 saturated carbocycles. The van der Waals surface area contributed by atoms with Crippen LogP contribution in [-0.4, -0.2) is 18.3 Å². The van der Waals surface area contributed by atoms with E-state index in [-0.39, 0.29) is 24.0 Å². The van der Waals surface area contributed by atoms with Crippen molar-refractivity contribution in [2.45, 2.75) is 44.7 Å². The first-order valence-electron chi connectivity index (χ1n) is 10.3. The number of alkyl halides is 3. The zero-order chi connectivity index (χ0) is 22.2. The highest BCUT2D eigenvalue weighted by atomic mass is 19.4. The van der Waals surface area contributed by atoms with Crippen LogP contribution in [0.15, 0.2) is 59.8 Å². The van der Waals surface area contributed by atoms with Crippen LogP contribution in [0.1, 0.15) is 49.7 Å². The summed E-state index contributed by atoms with van der Waals surface area (Å²) in [5.74, 6) is 0.109. The van der Waals surface area contributed by atoms with Gasteiger partial charge in [-0.2, -0.15) is 13.2 Å². The van der Waals surface area contributed by atoms with Crippen LogP contribution in [0.4, 0.5) is 18.9 Å². The van der Waals surface area contributed by atoms with E-state index in [1.165, 1.54) is 17.0 Å². The number of ether oxygens (including phenoxy) is 1. The Kier molecular flexibility index (Phi) is 5.60. The molecule has 2 aliphatic rings. The van der Waals surface area contributed by atoms with Crippen LogP contribution in [0.3, 0.4) is 0 Å². The minimum Gasteiger partial charge on any atom is -0.494 e. The van der Waals surface area contributed by atoms with Gasteiger partial charge < -0.3 is 4.74 Å². The van der Waals surface area contributed by atoms with Crippen molar-refractivity contribution in [3.63, 3.8) is 0 Å². The number of rotatable bonds is 4. The van der Waals surface area contributed by atoms with E-state index >= 15 is 0 Å². The number of hydrogen-bond acceptors (Lipinski definition) is 3. The number of nitrogens with zero attached hydrogens (tertiary/aromatic N) is 1. The summed E-state index contributed by atoms with van der Waals surface area (Å²) in [4.78, 5) is 27.4. The molecule has 2 aromatic rings. The Bertz CT molecular complexity index is 1020. The Morgan fingerprint density at radius 1 is 1.00 bits per heavy atom. The lowest BCUT2D eigenvalue weighted by Gasteiger charge is -2.38. The van der Waals surface area contributed by atoms with Crippen LogP contribution in [0.25, 0.3) is 0 Å². The van der Waals surface area contributed by atoms with Crippen LogP contribution in [0, 0.1) is 0 Å². The summed E-state index contributed by atoms with van der Waals surface area (Å²) < 4.78 is 44.3. The first-order valence-corrected chi connectivity index (χ1v) is 10.3. The maximum atomic E-state index is 13.1. The lowest BCUT2D eigenvalue weighted by atomic mass is 9.77. The van der Waals surface area contributed by atoms with E-state index in [1.54, 1.807) is 0 Å². The molecule has 4 rings (SSSR count). The number of Topliss-reactive ketones (excluding diaryl/α,β-unsaturated/α-hetero) is 1. The highest BCUT2D eigenvalue weighted by Gasteiger charge is 2.40. The van der Waals surface area contributed by atoms with Crippen molar-refractivity contribution in [3.05, 3.63) is 70.9 Å². The van der Waals surface area contributed by atoms with Crippen molar-refractivity contribution >= 4 is 17.4 Å². The SMILES string of the molecule is CCOc1ccc(C2CC(=O)N(c3ccc(C(F)(F)F)cc3)C3=C2C(=O)CCC3)cc1. The lowest BCUT2D eigenvalue weighted by molar-refractivity contribution is -0.137. The van der Waals surface area contributed by atoms with Gasteiger partial charge in [-0.15, -0.1) is 0 Å². The standard InChI is InChI=1S/C24H22F3NO3/c1-2-31-18-12-6-15(7-13-18)19-14-22(30)28(20-4-3-5-21(29)23(19)20)17-10-8-16(9-11-17)24(25,26)27/h6-13,19H,2-5,14H2,1H3. The molecule has 1 aliphatic heterocycles. The third-order valence-electron chi connectivity index (χ3n) is 5.72. The van der Waals surface area contributed by atoms with Crippen LogP contribution >= 0.6 is 0 Å². The molecule has 1 heterocycles. The average Bonchev–Trinajstić information content (AvgIpc) is 2.74. The largest absolute Gasteiger partial charge is 0.494 e. The van der Waals surface area contributed by atoms with Gasteiger partial charge in [0.15, 0.2) is 5.78 Å². The fraction of sp³-hybridized carbons (Fsp3) is 0.333. The molecule has 0 aromatic heterocycles. The molecule has 0 saturated heterocycles. The van der Waals surface area contributed by atoms with Crippen molar-refractivity contribution < 1.29 is 27.5 Å². The quantitative estimate of drug-likeness (QED) is 0.633. The third kappa shape index (κ3) is 4.09. The maximum absolute atomic E-state index is 13.1. The summed E-state index contributed by atoms with van der Waals surface area (Å²) in [5, 5.41) is 0. The highest BCUT2D eigenvalue weighted by molar-refractivity contribution is 6.07. The van der Waals surface area contributed by atoms with Gasteiger partial charge in [0.25, 0.3) is 0 Å². The summed E-state index contributed by atoms with van der Waals surface area (Å²) in [6, 6.07) is 11.9. The first-order chi connectivity index (χ1) is 14.8. The van der Waals surface area contributed by atoms with Crippen molar-refractivity contribution in [2.24, 2.45) is 0 Å². The first kappa shape index (κ1) is 21.2. The van der Waals surface area contributed by atoms with Gasteiger partial charge in [-0.1, -0.05) is 12.1 Å². The number of carbonyl (C=O) groups excluding carboxylic acids is 2. The van der Waals surface area contributed by atoms with E-state index < -0.39 is 11.7 Å². The van der Waals surface area contributed by atoms with Gasteiger partial charge in [-0.05, 0) is 61.7 Å². The van der Waals surface area contributed by atoms with Gasteiger partial charge in [-0.3, -0.25) is 14.5 Å². The van der Waals surface area contributed by atoms with E-state index in [4.69, 9.17) is 4.74 Å². The van der Waals surface area contributed by atoms with E-state index in [0.717, 1.165) is 17.7 Å². The van der Waals surface area contributed by atoms with Crippen molar-refractivity contribution in [2.75, 3.05) is 11.5 Å². The van der Waals surface area contributed by atoms with Crippen LogP contribution in [0.5, 0.6) is 5.75 Å². The monoisotopic (exact) mass is 429 g/mol. The van der Waals surface area contributed by atoms with Crippen LogP contribution in [-0.2, 0) is 15.8 Å². The molecule has 1 atom stereocenters. The molecule has 1 amide bonds. The molecular weight excluding hydrogens is 407 g/mol. The molecule has 162 valence electrons. The Morgan fingerprint density at radius 2 is 1.68 bits per heavy atom. The van der Waals surface area contributed by atoms with Gasteiger partial charge >= 0.3 is 6.18 Å². The zero-order valence-electron chi connectivity index (χ0n) is 17.0. The van der Waals surface area contributed by atoms with Gasteiger partial charge in [0.05, 0.1) is 12.2 Å². The molecule has 0 fully saturated rings. The molecule has 0 N–H and O–H groups in total. The second kappa shape index (κ2) is 8.21. The summed E-state index contributed by atoms with van der Waals surface area (Å²) in [5.41, 5.74) is 1.62. The number of ketones is 1.